The van der Waals surface area contributed by atoms with Gasteiger partial charge in [0.05, 0.1) is 23.5 Å². The van der Waals surface area contributed by atoms with Crippen LogP contribution in [-0.2, 0) is 0 Å². The van der Waals surface area contributed by atoms with Crippen molar-refractivity contribution in [2.45, 2.75) is 38.8 Å². The highest BCUT2D eigenvalue weighted by molar-refractivity contribution is 5.86. The number of nitrogens with one attached hydrogen (secondary N) is 3. The number of anilines is 3. The van der Waals surface area contributed by atoms with Gasteiger partial charge in [0.15, 0.2) is 0 Å². The molecular formula is C17H20N6O. The van der Waals surface area contributed by atoms with Crippen molar-refractivity contribution in [2.75, 3.05) is 10.6 Å². The number of benzene rings is 1. The maximum absolute atomic E-state index is 5.93. The molecule has 0 bridgehead atoms. The van der Waals surface area contributed by atoms with Crippen molar-refractivity contribution >= 4 is 28.2 Å². The highest BCUT2D eigenvalue weighted by Gasteiger charge is 2.21. The minimum absolute atomic E-state index is 0.0726. The van der Waals surface area contributed by atoms with Crippen LogP contribution in [0.15, 0.2) is 30.7 Å². The van der Waals surface area contributed by atoms with E-state index in [1.54, 1.807) is 12.5 Å². The van der Waals surface area contributed by atoms with E-state index in [0.717, 1.165) is 34.0 Å². The van der Waals surface area contributed by atoms with Crippen LogP contribution < -0.4 is 15.4 Å². The third-order valence-corrected chi connectivity index (χ3v) is 3.76. The Morgan fingerprint density at radius 1 is 1.17 bits per heavy atom. The summed E-state index contributed by atoms with van der Waals surface area (Å²) in [6.45, 7) is 4.01. The Balaban J connectivity index is 1.64. The molecule has 24 heavy (non-hydrogen) atoms. The summed E-state index contributed by atoms with van der Waals surface area (Å²) in [6, 6.07) is 6.42. The first-order valence-electron chi connectivity index (χ1n) is 8.17. The molecule has 0 unspecified atom stereocenters. The second-order valence-corrected chi connectivity index (χ2v) is 6.30. The summed E-state index contributed by atoms with van der Waals surface area (Å²) < 4.78 is 5.93. The first-order valence-corrected chi connectivity index (χ1v) is 8.17. The van der Waals surface area contributed by atoms with Crippen LogP contribution in [0.3, 0.4) is 0 Å². The lowest BCUT2D eigenvalue weighted by Crippen LogP contribution is -2.08. The van der Waals surface area contributed by atoms with Gasteiger partial charge in [-0.05, 0) is 32.8 Å². The van der Waals surface area contributed by atoms with Crippen molar-refractivity contribution in [3.63, 3.8) is 0 Å². The van der Waals surface area contributed by atoms with Gasteiger partial charge in [-0.25, -0.2) is 9.97 Å². The normalized spacial score (nSPS) is 14.1. The molecule has 0 spiro atoms. The molecule has 7 heteroatoms. The highest BCUT2D eigenvalue weighted by Crippen LogP contribution is 2.33. The van der Waals surface area contributed by atoms with Crippen molar-refractivity contribution in [3.8, 4) is 5.75 Å². The maximum Gasteiger partial charge on any atom is 0.145 e. The van der Waals surface area contributed by atoms with Crippen LogP contribution in [0.5, 0.6) is 5.75 Å². The number of ether oxygens (including phenoxy) is 1. The van der Waals surface area contributed by atoms with Gasteiger partial charge >= 0.3 is 0 Å². The van der Waals surface area contributed by atoms with Crippen LogP contribution in [0.1, 0.15) is 26.7 Å². The van der Waals surface area contributed by atoms with Crippen LogP contribution in [0.2, 0.25) is 0 Å². The molecule has 124 valence electrons. The molecular weight excluding hydrogens is 304 g/mol. The minimum atomic E-state index is 0.0726. The molecule has 1 aliphatic rings. The molecule has 0 saturated heterocycles. The fourth-order valence-corrected chi connectivity index (χ4v) is 2.50. The van der Waals surface area contributed by atoms with Crippen molar-refractivity contribution < 1.29 is 4.74 Å². The fraction of sp³-hybridized carbons (Fsp3) is 0.353. The molecule has 0 atom stereocenters. The standard InChI is InChI=1S/C17H20N6O/c1-10(2)24-15-6-13-11(8-20-23-13)5-14(15)22-17-7-16(18-9-19-17)21-12-3-4-12/h5-10,12H,3-4H2,1-2H3,(H,20,23)(H2,18,19,21,22). The van der Waals surface area contributed by atoms with Crippen LogP contribution in [0.25, 0.3) is 10.9 Å². The lowest BCUT2D eigenvalue weighted by Gasteiger charge is -2.16. The third-order valence-electron chi connectivity index (χ3n) is 3.76. The molecule has 0 aliphatic heterocycles. The van der Waals surface area contributed by atoms with E-state index in [0.29, 0.717) is 6.04 Å². The Bertz CT molecular complexity index is 855. The number of aromatic nitrogens is 4. The van der Waals surface area contributed by atoms with Crippen molar-refractivity contribution in [1.82, 2.24) is 20.2 Å². The van der Waals surface area contributed by atoms with Gasteiger partial charge in [-0.3, -0.25) is 5.10 Å². The summed E-state index contributed by atoms with van der Waals surface area (Å²) in [4.78, 5) is 8.57. The fourth-order valence-electron chi connectivity index (χ4n) is 2.50. The van der Waals surface area contributed by atoms with E-state index in [1.165, 1.54) is 12.8 Å². The number of hydrogen-bond acceptors (Lipinski definition) is 6. The van der Waals surface area contributed by atoms with Gasteiger partial charge in [-0.15, -0.1) is 0 Å². The molecule has 1 aliphatic carbocycles. The van der Waals surface area contributed by atoms with Crippen LogP contribution >= 0.6 is 0 Å². The van der Waals surface area contributed by atoms with E-state index < -0.39 is 0 Å². The Morgan fingerprint density at radius 2 is 2.00 bits per heavy atom. The molecule has 7 nitrogen and oxygen atoms in total. The molecule has 3 aromatic rings. The zero-order valence-corrected chi connectivity index (χ0v) is 13.7. The first kappa shape index (κ1) is 14.7. The number of aromatic amines is 1. The number of rotatable bonds is 6. The minimum Gasteiger partial charge on any atom is -0.489 e. The number of H-pyrrole nitrogens is 1. The highest BCUT2D eigenvalue weighted by atomic mass is 16.5. The smallest absolute Gasteiger partial charge is 0.145 e. The van der Waals surface area contributed by atoms with Gasteiger partial charge < -0.3 is 15.4 Å². The molecule has 4 rings (SSSR count). The van der Waals surface area contributed by atoms with Gasteiger partial charge in [0.25, 0.3) is 0 Å². The molecule has 1 fully saturated rings. The molecule has 2 aromatic heterocycles. The summed E-state index contributed by atoms with van der Waals surface area (Å²) in [5, 5.41) is 14.8. The Kier molecular flexibility index (Phi) is 3.68. The Labute approximate surface area is 139 Å². The molecule has 3 N–H and O–H groups in total. The second-order valence-electron chi connectivity index (χ2n) is 6.30. The van der Waals surface area contributed by atoms with Crippen LogP contribution in [-0.4, -0.2) is 32.3 Å². The molecule has 0 radical (unpaired) electrons. The van der Waals surface area contributed by atoms with Crippen LogP contribution in [0.4, 0.5) is 17.3 Å². The largest absolute Gasteiger partial charge is 0.489 e. The van der Waals surface area contributed by atoms with Gasteiger partial charge in [0.1, 0.15) is 23.7 Å². The van der Waals surface area contributed by atoms with Gasteiger partial charge in [-0.2, -0.15) is 5.10 Å². The predicted octanol–water partition coefficient (Wildman–Crippen LogP) is 3.46. The zero-order valence-electron chi connectivity index (χ0n) is 13.7. The van der Waals surface area contributed by atoms with Gasteiger partial charge in [-0.1, -0.05) is 0 Å². The van der Waals surface area contributed by atoms with Crippen molar-refractivity contribution in [2.24, 2.45) is 0 Å². The molecule has 2 heterocycles. The average Bonchev–Trinajstić information content (AvgIpc) is 3.23. The van der Waals surface area contributed by atoms with E-state index in [4.69, 9.17) is 4.74 Å². The average molecular weight is 324 g/mol. The monoisotopic (exact) mass is 324 g/mol. The quantitative estimate of drug-likeness (QED) is 0.643. The second kappa shape index (κ2) is 5.99. The SMILES string of the molecule is CC(C)Oc1cc2[nH]ncc2cc1Nc1cc(NC2CC2)ncn1. The van der Waals surface area contributed by atoms with Crippen molar-refractivity contribution in [1.29, 1.82) is 0 Å². The molecule has 1 aromatic carbocycles. The van der Waals surface area contributed by atoms with Gasteiger partial charge in [0.2, 0.25) is 0 Å². The summed E-state index contributed by atoms with van der Waals surface area (Å²) in [7, 11) is 0. The first-order chi connectivity index (χ1) is 11.7. The van der Waals surface area contributed by atoms with Crippen molar-refractivity contribution in [3.05, 3.63) is 30.7 Å². The zero-order chi connectivity index (χ0) is 16.5. The van der Waals surface area contributed by atoms with Gasteiger partial charge in [0, 0.05) is 23.6 Å². The molecule has 0 amide bonds. The van der Waals surface area contributed by atoms with E-state index in [-0.39, 0.29) is 6.10 Å². The number of fused-ring (bicyclic) bond motifs is 1. The third kappa shape index (κ3) is 3.24. The summed E-state index contributed by atoms with van der Waals surface area (Å²) in [6.07, 6.45) is 5.84. The summed E-state index contributed by atoms with van der Waals surface area (Å²) in [5.74, 6) is 2.33. The lowest BCUT2D eigenvalue weighted by molar-refractivity contribution is 0.244. The summed E-state index contributed by atoms with van der Waals surface area (Å²) >= 11 is 0. The summed E-state index contributed by atoms with van der Waals surface area (Å²) in [5.41, 5.74) is 1.80. The predicted molar refractivity (Wildman–Crippen MR) is 93.8 cm³/mol. The Hall–Kier alpha value is -2.83. The van der Waals surface area contributed by atoms with E-state index >= 15 is 0 Å². The van der Waals surface area contributed by atoms with Crippen LogP contribution in [0, 0.1) is 0 Å². The lowest BCUT2D eigenvalue weighted by atomic mass is 10.2. The topological polar surface area (TPSA) is 87.8 Å². The molecule has 1 saturated carbocycles. The number of nitrogens with zero attached hydrogens (tertiary/aromatic N) is 3. The Morgan fingerprint density at radius 3 is 2.79 bits per heavy atom. The van der Waals surface area contributed by atoms with E-state index in [1.807, 2.05) is 32.0 Å². The number of hydrogen-bond donors (Lipinski definition) is 3. The van der Waals surface area contributed by atoms with E-state index in [9.17, 15) is 0 Å². The maximum atomic E-state index is 5.93. The van der Waals surface area contributed by atoms with E-state index in [2.05, 4.69) is 30.8 Å².